The molecule has 1 amide bonds. The number of nitrogens with two attached hydrogens (primary N) is 2. The molecule has 0 fully saturated rings. The maximum Gasteiger partial charge on any atom is 0.237 e. The molecule has 4 N–H and O–H groups in total. The van der Waals surface area contributed by atoms with Crippen molar-refractivity contribution in [2.24, 2.45) is 11.5 Å². The van der Waals surface area contributed by atoms with Crippen molar-refractivity contribution in [2.45, 2.75) is 51.9 Å². The smallest absolute Gasteiger partial charge is 0.237 e. The van der Waals surface area contributed by atoms with Crippen LogP contribution in [0, 0.1) is 0 Å². The van der Waals surface area contributed by atoms with Gasteiger partial charge in [-0.3, -0.25) is 4.79 Å². The molecule has 0 aromatic heterocycles. The van der Waals surface area contributed by atoms with Gasteiger partial charge in [0.05, 0.1) is 24.4 Å². The summed E-state index contributed by atoms with van der Waals surface area (Å²) in [5.74, 6) is -0.514. The fourth-order valence-corrected chi connectivity index (χ4v) is 1.47. The van der Waals surface area contributed by atoms with E-state index >= 15 is 0 Å². The quantitative estimate of drug-likeness (QED) is 0.634. The first-order valence-corrected chi connectivity index (χ1v) is 5.61. The van der Waals surface area contributed by atoms with Gasteiger partial charge in [-0.2, -0.15) is 0 Å². The van der Waals surface area contributed by atoms with Crippen molar-refractivity contribution in [1.82, 2.24) is 0 Å². The Bertz CT molecular complexity index is 219. The van der Waals surface area contributed by atoms with Gasteiger partial charge in [-0.25, -0.2) is 0 Å². The molecule has 0 heterocycles. The summed E-state index contributed by atoms with van der Waals surface area (Å²) in [6.07, 6.45) is 0.260. The third-order valence-corrected chi connectivity index (χ3v) is 2.30. The van der Waals surface area contributed by atoms with Gasteiger partial charge in [0.1, 0.15) is 0 Å². The summed E-state index contributed by atoms with van der Waals surface area (Å²) < 4.78 is 10.9. The van der Waals surface area contributed by atoms with Gasteiger partial charge in [0.2, 0.25) is 5.91 Å². The van der Waals surface area contributed by atoms with Crippen molar-refractivity contribution in [3.05, 3.63) is 0 Å². The highest BCUT2D eigenvalue weighted by atomic mass is 16.5. The van der Waals surface area contributed by atoms with Gasteiger partial charge in [-0.1, -0.05) is 0 Å². The number of rotatable bonds is 8. The van der Waals surface area contributed by atoms with Crippen LogP contribution in [0.2, 0.25) is 0 Å². The Kier molecular flexibility index (Phi) is 6.55. The molecule has 0 spiro atoms. The zero-order valence-corrected chi connectivity index (χ0v) is 10.7. The van der Waals surface area contributed by atoms with Crippen molar-refractivity contribution in [3.63, 3.8) is 0 Å². The molecule has 0 saturated carbocycles. The molecular weight excluding hydrogens is 208 g/mol. The van der Waals surface area contributed by atoms with Gasteiger partial charge in [0.15, 0.2) is 0 Å². The zero-order valence-electron chi connectivity index (χ0n) is 10.7. The summed E-state index contributed by atoms with van der Waals surface area (Å²) in [6.45, 7) is 8.54. The number of hydrogen-bond donors (Lipinski definition) is 2. The van der Waals surface area contributed by atoms with Crippen LogP contribution in [0.15, 0.2) is 0 Å². The standard InChI is InChI=1S/C11H24N2O3/c1-5-15-7-9(3)16-8(2)6-11(4,13)10(12)14/h8-9H,5-7,13H2,1-4H3,(H2,12,14). The lowest BCUT2D eigenvalue weighted by molar-refractivity contribution is -0.124. The van der Waals surface area contributed by atoms with Crippen LogP contribution in [-0.4, -0.2) is 36.9 Å². The van der Waals surface area contributed by atoms with Crippen LogP contribution in [0.4, 0.5) is 0 Å². The van der Waals surface area contributed by atoms with Crippen LogP contribution in [0.3, 0.4) is 0 Å². The van der Waals surface area contributed by atoms with E-state index in [0.717, 1.165) is 0 Å². The lowest BCUT2D eigenvalue weighted by Crippen LogP contribution is -2.51. The number of carbonyl (C=O) groups excluding carboxylic acids is 1. The van der Waals surface area contributed by atoms with Crippen molar-refractivity contribution in [2.75, 3.05) is 13.2 Å². The highest BCUT2D eigenvalue weighted by Crippen LogP contribution is 2.12. The van der Waals surface area contributed by atoms with Gasteiger partial charge in [-0.05, 0) is 34.1 Å². The van der Waals surface area contributed by atoms with E-state index in [1.165, 1.54) is 0 Å². The number of amides is 1. The maximum atomic E-state index is 11.0. The molecule has 0 aromatic carbocycles. The second-order valence-corrected chi connectivity index (χ2v) is 4.40. The average Bonchev–Trinajstić information content (AvgIpc) is 2.13. The zero-order chi connectivity index (χ0) is 12.8. The fourth-order valence-electron chi connectivity index (χ4n) is 1.47. The predicted octanol–water partition coefficient (Wildman–Crippen LogP) is 0.409. The molecule has 16 heavy (non-hydrogen) atoms. The van der Waals surface area contributed by atoms with Crippen LogP contribution in [0.5, 0.6) is 0 Å². The van der Waals surface area contributed by atoms with E-state index in [-0.39, 0.29) is 12.2 Å². The van der Waals surface area contributed by atoms with Crippen LogP contribution in [-0.2, 0) is 14.3 Å². The lowest BCUT2D eigenvalue weighted by Gasteiger charge is -2.26. The van der Waals surface area contributed by atoms with Crippen molar-refractivity contribution in [1.29, 1.82) is 0 Å². The fraction of sp³-hybridized carbons (Fsp3) is 0.909. The van der Waals surface area contributed by atoms with E-state index in [0.29, 0.717) is 19.6 Å². The monoisotopic (exact) mass is 232 g/mol. The Morgan fingerprint density at radius 1 is 1.38 bits per heavy atom. The molecule has 0 bridgehead atoms. The number of carbonyl (C=O) groups is 1. The van der Waals surface area contributed by atoms with Gasteiger partial charge in [0.25, 0.3) is 0 Å². The summed E-state index contributed by atoms with van der Waals surface area (Å²) in [5, 5.41) is 0. The average molecular weight is 232 g/mol. The molecule has 0 rings (SSSR count). The summed E-state index contributed by atoms with van der Waals surface area (Å²) in [6, 6.07) is 0. The molecule has 5 nitrogen and oxygen atoms in total. The minimum atomic E-state index is -1.02. The van der Waals surface area contributed by atoms with Gasteiger partial charge in [-0.15, -0.1) is 0 Å². The van der Waals surface area contributed by atoms with E-state index in [4.69, 9.17) is 20.9 Å². The van der Waals surface area contributed by atoms with Crippen LogP contribution in [0.1, 0.15) is 34.1 Å². The molecule has 0 radical (unpaired) electrons. The summed E-state index contributed by atoms with van der Waals surface area (Å²) in [5.41, 5.74) is 9.91. The van der Waals surface area contributed by atoms with E-state index in [1.807, 2.05) is 20.8 Å². The van der Waals surface area contributed by atoms with Crippen molar-refractivity contribution < 1.29 is 14.3 Å². The Labute approximate surface area is 97.5 Å². The highest BCUT2D eigenvalue weighted by molar-refractivity contribution is 5.83. The molecule has 0 aromatic rings. The molecule has 0 aliphatic carbocycles. The Hall–Kier alpha value is -0.650. The normalized spacial score (nSPS) is 18.8. The summed E-state index contributed by atoms with van der Waals surface area (Å²) in [7, 11) is 0. The highest BCUT2D eigenvalue weighted by Gasteiger charge is 2.28. The predicted molar refractivity (Wildman–Crippen MR) is 62.9 cm³/mol. The largest absolute Gasteiger partial charge is 0.379 e. The molecule has 3 unspecified atom stereocenters. The number of hydrogen-bond acceptors (Lipinski definition) is 4. The SMILES string of the molecule is CCOCC(C)OC(C)CC(C)(N)C(N)=O. The second kappa shape index (κ2) is 6.83. The Morgan fingerprint density at radius 3 is 2.38 bits per heavy atom. The number of primary amides is 1. The Balaban J connectivity index is 3.98. The molecule has 96 valence electrons. The third kappa shape index (κ3) is 6.05. The van der Waals surface area contributed by atoms with Crippen LogP contribution < -0.4 is 11.5 Å². The summed E-state index contributed by atoms with van der Waals surface area (Å²) >= 11 is 0. The maximum absolute atomic E-state index is 11.0. The minimum absolute atomic E-state index is 0.0152. The Morgan fingerprint density at radius 2 is 1.94 bits per heavy atom. The first-order valence-electron chi connectivity index (χ1n) is 5.61. The molecule has 0 saturated heterocycles. The molecule has 0 aliphatic heterocycles. The third-order valence-electron chi connectivity index (χ3n) is 2.30. The second-order valence-electron chi connectivity index (χ2n) is 4.40. The summed E-state index contributed by atoms with van der Waals surface area (Å²) in [4.78, 5) is 11.0. The molecule has 3 atom stereocenters. The minimum Gasteiger partial charge on any atom is -0.379 e. The first-order chi connectivity index (χ1) is 7.29. The molecular formula is C11H24N2O3. The van der Waals surface area contributed by atoms with E-state index in [2.05, 4.69) is 0 Å². The lowest BCUT2D eigenvalue weighted by atomic mass is 9.95. The van der Waals surface area contributed by atoms with Gasteiger partial charge < -0.3 is 20.9 Å². The van der Waals surface area contributed by atoms with E-state index < -0.39 is 11.4 Å². The van der Waals surface area contributed by atoms with Gasteiger partial charge in [0, 0.05) is 6.61 Å². The molecule has 5 heteroatoms. The topological polar surface area (TPSA) is 87.6 Å². The van der Waals surface area contributed by atoms with Crippen LogP contribution in [0.25, 0.3) is 0 Å². The number of ether oxygens (including phenoxy) is 2. The first kappa shape index (κ1) is 15.3. The van der Waals surface area contributed by atoms with Crippen molar-refractivity contribution in [3.8, 4) is 0 Å². The molecule has 0 aliphatic rings. The van der Waals surface area contributed by atoms with E-state index in [9.17, 15) is 4.79 Å². The van der Waals surface area contributed by atoms with Gasteiger partial charge >= 0.3 is 0 Å². The van der Waals surface area contributed by atoms with Crippen molar-refractivity contribution >= 4 is 5.91 Å². The van der Waals surface area contributed by atoms with Crippen LogP contribution >= 0.6 is 0 Å². The van der Waals surface area contributed by atoms with E-state index in [1.54, 1.807) is 6.92 Å².